The number of aliphatic hydroxyl groups is 3. The summed E-state index contributed by atoms with van der Waals surface area (Å²) in [6, 6.07) is 9.62. The van der Waals surface area contributed by atoms with Crippen LogP contribution in [0.15, 0.2) is 42.5 Å². The van der Waals surface area contributed by atoms with E-state index in [-0.39, 0.29) is 57.2 Å². The first-order valence-corrected chi connectivity index (χ1v) is 12.8. The largest absolute Gasteiger partial charge is 0.507 e. The molecule has 6 rings (SSSR count). The molecule has 0 aliphatic carbocycles. The number of carbonyl (C=O) groups excluding carboxylic acids is 2. The molecule has 0 unspecified atom stereocenters. The molecule has 12 nitrogen and oxygen atoms in total. The Morgan fingerprint density at radius 1 is 0.805 bits per heavy atom. The van der Waals surface area contributed by atoms with Gasteiger partial charge in [0.1, 0.15) is 71.4 Å². The van der Waals surface area contributed by atoms with Crippen molar-refractivity contribution >= 4 is 11.8 Å². The zero-order valence-electron chi connectivity index (χ0n) is 21.6. The van der Waals surface area contributed by atoms with Gasteiger partial charge in [-0.15, -0.1) is 0 Å². The standard InChI is InChI=1S/C29H26O12/c1-11-19-9-21-23(24(11)33)18(32)8-20(39-21)12-2-4-16(30)14(6-12)15-7-13(3-5-17(15)31)28(37)38-10-22-25(34)26(35)27(36)29(40-19)41-22/h2-7,9,20,22,25-27,29-31,33-36H,8,10H2,1H3/t20-,22-,25+,26-,27-,29+/m0/s1. The van der Waals surface area contributed by atoms with Crippen LogP contribution in [0.5, 0.6) is 28.7 Å². The number of benzene rings is 3. The fourth-order valence-electron chi connectivity index (χ4n) is 5.22. The second-order valence-electron chi connectivity index (χ2n) is 10.2. The highest BCUT2D eigenvalue weighted by Gasteiger charge is 2.46. The van der Waals surface area contributed by atoms with Crippen LogP contribution in [-0.4, -0.2) is 79.7 Å². The number of ether oxygens (including phenoxy) is 4. The zero-order chi connectivity index (χ0) is 29.2. The van der Waals surface area contributed by atoms with Gasteiger partial charge in [-0.3, -0.25) is 4.79 Å². The lowest BCUT2D eigenvalue weighted by Gasteiger charge is -2.40. The van der Waals surface area contributed by atoms with Gasteiger partial charge in [0.05, 0.1) is 12.0 Å². The first-order valence-electron chi connectivity index (χ1n) is 12.8. The summed E-state index contributed by atoms with van der Waals surface area (Å²) in [5.74, 6) is -2.20. The Balaban J connectivity index is 1.51. The Bertz CT molecular complexity index is 1570. The van der Waals surface area contributed by atoms with E-state index in [1.165, 1.54) is 43.3 Å². The van der Waals surface area contributed by atoms with E-state index >= 15 is 0 Å². The van der Waals surface area contributed by atoms with E-state index in [0.29, 0.717) is 5.56 Å². The van der Waals surface area contributed by atoms with Gasteiger partial charge in [0.25, 0.3) is 0 Å². The number of carbonyl (C=O) groups is 2. The summed E-state index contributed by atoms with van der Waals surface area (Å²) in [4.78, 5) is 26.1. The molecule has 6 atom stereocenters. The molecule has 3 aromatic carbocycles. The Morgan fingerprint density at radius 2 is 1.51 bits per heavy atom. The van der Waals surface area contributed by atoms with Crippen LogP contribution in [0.25, 0.3) is 11.1 Å². The Morgan fingerprint density at radius 3 is 2.27 bits per heavy atom. The number of cyclic esters (lactones) is 1. The maximum Gasteiger partial charge on any atom is 0.338 e. The molecule has 0 spiro atoms. The third-order valence-corrected chi connectivity index (χ3v) is 7.59. The molecule has 3 heterocycles. The van der Waals surface area contributed by atoms with Crippen LogP contribution in [0, 0.1) is 6.92 Å². The first kappa shape index (κ1) is 26.8. The van der Waals surface area contributed by atoms with E-state index in [9.17, 15) is 40.2 Å². The third-order valence-electron chi connectivity index (χ3n) is 7.59. The number of phenolic OH excluding ortho intramolecular Hbond substituents is 3. The lowest BCUT2D eigenvalue weighted by Crippen LogP contribution is -2.60. The predicted molar refractivity (Wildman–Crippen MR) is 138 cm³/mol. The summed E-state index contributed by atoms with van der Waals surface area (Å²) in [5.41, 5.74) is 0.776. The van der Waals surface area contributed by atoms with Crippen molar-refractivity contribution in [1.29, 1.82) is 0 Å². The third kappa shape index (κ3) is 4.50. The van der Waals surface area contributed by atoms with E-state index in [2.05, 4.69) is 0 Å². The van der Waals surface area contributed by atoms with Gasteiger partial charge in [-0.2, -0.15) is 0 Å². The number of fused-ring (bicyclic) bond motifs is 10. The van der Waals surface area contributed by atoms with Crippen molar-refractivity contribution in [2.24, 2.45) is 0 Å². The molecule has 1 fully saturated rings. The maximum absolute atomic E-state index is 13.2. The van der Waals surface area contributed by atoms with Crippen molar-refractivity contribution < 1.29 is 59.2 Å². The zero-order valence-corrected chi connectivity index (χ0v) is 21.6. The number of phenols is 3. The van der Waals surface area contributed by atoms with Crippen molar-refractivity contribution in [3.8, 4) is 39.9 Å². The number of rotatable bonds is 0. The van der Waals surface area contributed by atoms with Crippen molar-refractivity contribution in [2.75, 3.05) is 6.61 Å². The average molecular weight is 567 g/mol. The smallest absolute Gasteiger partial charge is 0.338 e. The Labute approximate surface area is 232 Å². The molecule has 3 aromatic rings. The van der Waals surface area contributed by atoms with Crippen molar-refractivity contribution in [3.63, 3.8) is 0 Å². The Hall–Kier alpha value is -4.36. The van der Waals surface area contributed by atoms with Crippen LogP contribution in [0.1, 0.15) is 44.4 Å². The number of esters is 1. The van der Waals surface area contributed by atoms with Crippen LogP contribution in [0.3, 0.4) is 0 Å². The lowest BCUT2D eigenvalue weighted by atomic mass is 9.91. The Kier molecular flexibility index (Phi) is 6.50. The number of hydrogen-bond acceptors (Lipinski definition) is 12. The molecular formula is C29H26O12. The summed E-state index contributed by atoms with van der Waals surface area (Å²) in [5, 5.41) is 63.6. The molecule has 3 aliphatic heterocycles. The summed E-state index contributed by atoms with van der Waals surface area (Å²) >= 11 is 0. The van der Waals surface area contributed by atoms with Crippen LogP contribution in [-0.2, 0) is 9.47 Å². The minimum atomic E-state index is -1.75. The molecule has 0 saturated carbocycles. The number of Topliss-reactive ketones (excluding diaryl/α,β-unsaturated/α-hetero) is 1. The van der Waals surface area contributed by atoms with Gasteiger partial charge in [0.2, 0.25) is 6.29 Å². The number of hydrogen-bond donors (Lipinski definition) is 6. The van der Waals surface area contributed by atoms with Crippen molar-refractivity contribution in [3.05, 3.63) is 64.7 Å². The second-order valence-corrected chi connectivity index (χ2v) is 10.2. The van der Waals surface area contributed by atoms with Gasteiger partial charge < -0.3 is 49.6 Å². The van der Waals surface area contributed by atoms with Crippen LogP contribution in [0.4, 0.5) is 0 Å². The molecule has 41 heavy (non-hydrogen) atoms. The summed E-state index contributed by atoms with van der Waals surface area (Å²) in [6.07, 6.45) is -9.04. The highest BCUT2D eigenvalue weighted by molar-refractivity contribution is 6.03. The molecule has 214 valence electrons. The summed E-state index contributed by atoms with van der Waals surface area (Å²) in [7, 11) is 0. The van der Waals surface area contributed by atoms with Crippen LogP contribution >= 0.6 is 0 Å². The fraction of sp³-hybridized carbons (Fsp3) is 0.310. The van der Waals surface area contributed by atoms with Crippen molar-refractivity contribution in [2.45, 2.75) is 50.2 Å². The lowest BCUT2D eigenvalue weighted by molar-refractivity contribution is -0.277. The molecular weight excluding hydrogens is 540 g/mol. The van der Waals surface area contributed by atoms with Gasteiger partial charge in [0, 0.05) is 22.8 Å². The fourth-order valence-corrected chi connectivity index (χ4v) is 5.22. The quantitative estimate of drug-likeness (QED) is 0.217. The average Bonchev–Trinajstić information content (AvgIpc) is 2.95. The van der Waals surface area contributed by atoms with Gasteiger partial charge in [-0.1, -0.05) is 6.07 Å². The normalized spacial score (nSPS) is 27.2. The predicted octanol–water partition coefficient (Wildman–Crippen LogP) is 1.84. The van der Waals surface area contributed by atoms with Gasteiger partial charge in [-0.05, 0) is 42.8 Å². The molecule has 6 N–H and O–H groups in total. The van der Waals surface area contributed by atoms with Crippen LogP contribution in [0.2, 0.25) is 0 Å². The number of aliphatic hydroxyl groups excluding tert-OH is 3. The first-order chi connectivity index (χ1) is 19.5. The van der Waals surface area contributed by atoms with Crippen molar-refractivity contribution in [1.82, 2.24) is 0 Å². The number of aromatic hydroxyl groups is 3. The van der Waals surface area contributed by atoms with Crippen LogP contribution < -0.4 is 9.47 Å². The summed E-state index contributed by atoms with van der Waals surface area (Å²) in [6.45, 7) is 0.927. The van der Waals surface area contributed by atoms with E-state index in [1.54, 1.807) is 6.07 Å². The van der Waals surface area contributed by atoms with Gasteiger partial charge >= 0.3 is 5.97 Å². The topological polar surface area (TPSA) is 192 Å². The minimum absolute atomic E-state index is 0.00258. The molecule has 0 radical (unpaired) electrons. The van der Waals surface area contributed by atoms with E-state index in [0.717, 1.165) is 0 Å². The molecule has 0 aromatic heterocycles. The summed E-state index contributed by atoms with van der Waals surface area (Å²) < 4.78 is 22.9. The molecule has 9 bridgehead atoms. The van der Waals surface area contributed by atoms with Gasteiger partial charge in [-0.25, -0.2) is 4.79 Å². The molecule has 1 saturated heterocycles. The highest BCUT2D eigenvalue weighted by atomic mass is 16.7. The monoisotopic (exact) mass is 566 g/mol. The molecule has 0 amide bonds. The maximum atomic E-state index is 13.2. The molecule has 12 heteroatoms. The molecule has 3 aliphatic rings. The highest BCUT2D eigenvalue weighted by Crippen LogP contribution is 2.46. The SMILES string of the molecule is Cc1c2cc3c(c1O)C(=O)C[C@H](O3)c1ccc(O)c(c1)-c1cc(ccc1O)C(=O)OC[C@@H]1O[C@@H](O2)[C@@H](O)[C@@H](O)[C@@H]1O. The van der Waals surface area contributed by atoms with E-state index < -0.39 is 60.9 Å². The van der Waals surface area contributed by atoms with E-state index in [4.69, 9.17) is 18.9 Å². The minimum Gasteiger partial charge on any atom is -0.507 e. The van der Waals surface area contributed by atoms with Gasteiger partial charge in [0.15, 0.2) is 5.78 Å². The van der Waals surface area contributed by atoms with E-state index in [1.807, 2.05) is 0 Å². The second kappa shape index (κ2) is 9.93. The number of ketones is 1.